The fourth-order valence-corrected chi connectivity index (χ4v) is 2.77. The van der Waals surface area contributed by atoms with E-state index in [9.17, 15) is 4.79 Å². The Kier molecular flexibility index (Phi) is 3.24. The molecule has 0 bridgehead atoms. The highest BCUT2D eigenvalue weighted by Crippen LogP contribution is 2.40. The second-order valence-electron chi connectivity index (χ2n) is 5.10. The van der Waals surface area contributed by atoms with E-state index < -0.39 is 0 Å². The number of piperazine rings is 1. The van der Waals surface area contributed by atoms with Crippen molar-refractivity contribution in [3.05, 3.63) is 11.7 Å². The first kappa shape index (κ1) is 12.6. The number of nitrogens with zero attached hydrogens (tertiary/aromatic N) is 2. The Morgan fingerprint density at radius 1 is 1.42 bits per heavy atom. The highest BCUT2D eigenvalue weighted by Gasteiger charge is 2.40. The van der Waals surface area contributed by atoms with Crippen LogP contribution in [0, 0.1) is 0 Å². The summed E-state index contributed by atoms with van der Waals surface area (Å²) in [7, 11) is 1.69. The smallest absolute Gasteiger partial charge is 0.245 e. The molecule has 0 aromatic carbocycles. The Bertz CT molecular complexity index is 457. The van der Waals surface area contributed by atoms with Gasteiger partial charge in [0.25, 0.3) is 0 Å². The maximum Gasteiger partial charge on any atom is 0.245 e. The van der Waals surface area contributed by atoms with Crippen molar-refractivity contribution in [2.24, 2.45) is 0 Å². The largest absolute Gasteiger partial charge is 0.370 e. The number of carbonyl (C=O) groups is 1. The zero-order valence-electron chi connectivity index (χ0n) is 10.9. The Morgan fingerprint density at radius 3 is 2.84 bits per heavy atom. The minimum atomic E-state index is -0.389. The predicted octanol–water partition coefficient (Wildman–Crippen LogP) is 0.246. The van der Waals surface area contributed by atoms with Crippen molar-refractivity contribution in [3.63, 3.8) is 0 Å². The second kappa shape index (κ2) is 4.90. The highest BCUT2D eigenvalue weighted by molar-refractivity contribution is 5.78. The summed E-state index contributed by atoms with van der Waals surface area (Å²) in [6.07, 6.45) is 4.10. The highest BCUT2D eigenvalue weighted by atomic mass is 16.5. The average molecular weight is 266 g/mol. The molecule has 2 aliphatic rings. The van der Waals surface area contributed by atoms with Gasteiger partial charge < -0.3 is 14.6 Å². The number of hydrogen-bond acceptors (Lipinski definition) is 6. The number of ether oxygens (including phenoxy) is 1. The van der Waals surface area contributed by atoms with Crippen LogP contribution < -0.4 is 10.6 Å². The molecular formula is C12H18N4O3. The molecular weight excluding hydrogens is 248 g/mol. The van der Waals surface area contributed by atoms with Crippen molar-refractivity contribution < 1.29 is 14.1 Å². The van der Waals surface area contributed by atoms with Gasteiger partial charge in [-0.1, -0.05) is 5.16 Å². The van der Waals surface area contributed by atoms with E-state index in [1.165, 1.54) is 0 Å². The minimum absolute atomic E-state index is 0.0138. The van der Waals surface area contributed by atoms with Crippen molar-refractivity contribution in [1.29, 1.82) is 0 Å². The molecule has 1 amide bonds. The summed E-state index contributed by atoms with van der Waals surface area (Å²) >= 11 is 0. The van der Waals surface area contributed by atoms with Gasteiger partial charge in [-0.15, -0.1) is 0 Å². The van der Waals surface area contributed by atoms with Crippen molar-refractivity contribution in [2.45, 2.75) is 37.3 Å². The van der Waals surface area contributed by atoms with E-state index in [0.29, 0.717) is 18.3 Å². The molecule has 1 aromatic rings. The third-order valence-electron chi connectivity index (χ3n) is 3.96. The van der Waals surface area contributed by atoms with E-state index in [4.69, 9.17) is 9.26 Å². The number of methoxy groups -OCH3 is 1. The van der Waals surface area contributed by atoms with E-state index in [2.05, 4.69) is 20.8 Å². The van der Waals surface area contributed by atoms with Crippen LogP contribution in [0.5, 0.6) is 0 Å². The molecule has 1 unspecified atom stereocenters. The summed E-state index contributed by atoms with van der Waals surface area (Å²) in [6, 6.07) is -0.116. The Labute approximate surface area is 111 Å². The lowest BCUT2D eigenvalue weighted by atomic mass is 10.0. The number of carbonyl (C=O) groups excluding carboxylic acids is 1. The number of nitrogens with one attached hydrogen (secondary N) is 2. The first-order valence-corrected chi connectivity index (χ1v) is 6.63. The molecule has 1 aliphatic heterocycles. The van der Waals surface area contributed by atoms with Crippen molar-refractivity contribution in [2.75, 3.05) is 20.2 Å². The molecule has 1 aliphatic carbocycles. The van der Waals surface area contributed by atoms with Gasteiger partial charge in [0.05, 0.1) is 6.54 Å². The van der Waals surface area contributed by atoms with Gasteiger partial charge >= 0.3 is 0 Å². The number of hydrogen-bond donors (Lipinski definition) is 2. The van der Waals surface area contributed by atoms with E-state index >= 15 is 0 Å². The Morgan fingerprint density at radius 2 is 2.21 bits per heavy atom. The van der Waals surface area contributed by atoms with Crippen LogP contribution in [0.2, 0.25) is 0 Å². The standard InChI is InChI=1S/C12H18N4O3/c1-18-12(4-2-3-5-12)11-15-10(19-16-11)8-6-14-9(17)7-13-8/h8,13H,2-7H2,1H3,(H,14,17). The molecule has 1 saturated carbocycles. The monoisotopic (exact) mass is 266 g/mol. The normalized spacial score (nSPS) is 26.4. The van der Waals surface area contributed by atoms with Crippen LogP contribution in [0.1, 0.15) is 43.4 Å². The SMILES string of the molecule is COC1(c2noc(C3CNC(=O)CN3)n2)CCCC1. The fourth-order valence-electron chi connectivity index (χ4n) is 2.77. The molecule has 19 heavy (non-hydrogen) atoms. The van der Waals surface area contributed by atoms with Crippen molar-refractivity contribution in [3.8, 4) is 0 Å². The van der Waals surface area contributed by atoms with Gasteiger partial charge in [0, 0.05) is 13.7 Å². The van der Waals surface area contributed by atoms with Gasteiger partial charge in [0.1, 0.15) is 11.6 Å². The van der Waals surface area contributed by atoms with E-state index in [-0.39, 0.29) is 24.1 Å². The zero-order chi connectivity index (χ0) is 13.3. The quantitative estimate of drug-likeness (QED) is 0.815. The number of amides is 1. The zero-order valence-corrected chi connectivity index (χ0v) is 10.9. The van der Waals surface area contributed by atoms with Crippen LogP contribution >= 0.6 is 0 Å². The predicted molar refractivity (Wildman–Crippen MR) is 65.2 cm³/mol. The van der Waals surface area contributed by atoms with Crippen LogP contribution in [0.25, 0.3) is 0 Å². The Hall–Kier alpha value is -1.47. The molecule has 1 atom stereocenters. The molecule has 0 spiro atoms. The van der Waals surface area contributed by atoms with Gasteiger partial charge in [0.2, 0.25) is 17.6 Å². The molecule has 104 valence electrons. The third-order valence-corrected chi connectivity index (χ3v) is 3.96. The first-order chi connectivity index (χ1) is 9.23. The van der Waals surface area contributed by atoms with Crippen LogP contribution in [0.15, 0.2) is 4.52 Å². The molecule has 1 aromatic heterocycles. The van der Waals surface area contributed by atoms with E-state index in [1.807, 2.05) is 0 Å². The number of aromatic nitrogens is 2. The maximum absolute atomic E-state index is 11.1. The summed E-state index contributed by atoms with van der Waals surface area (Å²) in [5.74, 6) is 1.12. The van der Waals surface area contributed by atoms with Crippen LogP contribution in [0.4, 0.5) is 0 Å². The van der Waals surface area contributed by atoms with Gasteiger partial charge in [-0.25, -0.2) is 0 Å². The molecule has 0 radical (unpaired) electrons. The van der Waals surface area contributed by atoms with Gasteiger partial charge in [0.15, 0.2) is 0 Å². The summed E-state index contributed by atoms with van der Waals surface area (Å²) in [5, 5.41) is 9.91. The van der Waals surface area contributed by atoms with Crippen molar-refractivity contribution in [1.82, 2.24) is 20.8 Å². The molecule has 3 rings (SSSR count). The minimum Gasteiger partial charge on any atom is -0.370 e. The van der Waals surface area contributed by atoms with Crippen LogP contribution in [-0.2, 0) is 15.1 Å². The van der Waals surface area contributed by atoms with Gasteiger partial charge in [-0.3, -0.25) is 10.1 Å². The molecule has 7 nitrogen and oxygen atoms in total. The molecule has 2 fully saturated rings. The van der Waals surface area contributed by atoms with Gasteiger partial charge in [-0.2, -0.15) is 4.98 Å². The topological polar surface area (TPSA) is 89.3 Å². The third kappa shape index (κ3) is 2.23. The molecule has 2 N–H and O–H groups in total. The van der Waals surface area contributed by atoms with Crippen LogP contribution in [0.3, 0.4) is 0 Å². The summed E-state index contributed by atoms with van der Waals surface area (Å²) < 4.78 is 11.0. The fraction of sp³-hybridized carbons (Fsp3) is 0.750. The molecule has 2 heterocycles. The molecule has 1 saturated heterocycles. The van der Waals surface area contributed by atoms with E-state index in [0.717, 1.165) is 25.7 Å². The summed E-state index contributed by atoms with van der Waals surface area (Å²) in [6.45, 7) is 0.748. The Balaban J connectivity index is 1.77. The lowest BCUT2D eigenvalue weighted by Crippen LogP contribution is -2.47. The second-order valence-corrected chi connectivity index (χ2v) is 5.10. The van der Waals surface area contributed by atoms with Crippen molar-refractivity contribution >= 4 is 5.91 Å². The maximum atomic E-state index is 11.1. The summed E-state index contributed by atoms with van der Waals surface area (Å²) in [4.78, 5) is 15.6. The lowest BCUT2D eigenvalue weighted by molar-refractivity contribution is -0.121. The van der Waals surface area contributed by atoms with Gasteiger partial charge in [-0.05, 0) is 25.7 Å². The first-order valence-electron chi connectivity index (χ1n) is 6.63. The van der Waals surface area contributed by atoms with E-state index in [1.54, 1.807) is 7.11 Å². The molecule has 7 heteroatoms. The average Bonchev–Trinajstić information content (AvgIpc) is 3.09. The lowest BCUT2D eigenvalue weighted by Gasteiger charge is -2.23. The summed E-state index contributed by atoms with van der Waals surface area (Å²) in [5.41, 5.74) is -0.389. The van der Waals surface area contributed by atoms with Crippen LogP contribution in [-0.4, -0.2) is 36.2 Å². The number of rotatable bonds is 3.